The summed E-state index contributed by atoms with van der Waals surface area (Å²) in [5.74, 6) is -0.847. The molecule has 3 aromatic rings. The second kappa shape index (κ2) is 7.59. The molecule has 1 aromatic carbocycles. The number of amides is 2. The van der Waals surface area contributed by atoms with E-state index in [4.69, 9.17) is 0 Å². The number of H-pyrrole nitrogens is 1. The first-order valence-corrected chi connectivity index (χ1v) is 8.93. The van der Waals surface area contributed by atoms with Gasteiger partial charge in [0, 0.05) is 37.9 Å². The van der Waals surface area contributed by atoms with E-state index in [1.54, 1.807) is 28.1 Å². The molecule has 1 aliphatic heterocycles. The maximum Gasteiger partial charge on any atom is 0.272 e. The molecule has 142 valence electrons. The number of piperazine rings is 1. The van der Waals surface area contributed by atoms with Gasteiger partial charge in [-0.25, -0.2) is 4.39 Å². The van der Waals surface area contributed by atoms with Crippen molar-refractivity contribution in [3.8, 4) is 11.4 Å². The topological polar surface area (TPSA) is 82.2 Å². The molecule has 2 aromatic heterocycles. The van der Waals surface area contributed by atoms with Crippen molar-refractivity contribution >= 4 is 11.8 Å². The zero-order chi connectivity index (χ0) is 19.5. The Labute approximate surface area is 160 Å². The van der Waals surface area contributed by atoms with Crippen LogP contribution in [0.1, 0.15) is 20.8 Å². The Kier molecular flexibility index (Phi) is 4.84. The Balaban J connectivity index is 1.39. The van der Waals surface area contributed by atoms with Crippen molar-refractivity contribution in [1.82, 2.24) is 25.0 Å². The van der Waals surface area contributed by atoms with E-state index < -0.39 is 5.82 Å². The van der Waals surface area contributed by atoms with Crippen LogP contribution in [0.2, 0.25) is 0 Å². The van der Waals surface area contributed by atoms with Crippen LogP contribution >= 0.6 is 0 Å². The van der Waals surface area contributed by atoms with Crippen molar-refractivity contribution in [2.24, 2.45) is 0 Å². The minimum Gasteiger partial charge on any atom is -0.335 e. The van der Waals surface area contributed by atoms with Gasteiger partial charge < -0.3 is 9.80 Å². The number of nitrogens with zero attached hydrogens (tertiary/aromatic N) is 4. The number of aromatic nitrogens is 3. The third kappa shape index (κ3) is 3.62. The molecule has 7 nitrogen and oxygen atoms in total. The molecular formula is C20H18FN5O2. The van der Waals surface area contributed by atoms with E-state index in [0.717, 1.165) is 0 Å². The summed E-state index contributed by atoms with van der Waals surface area (Å²) >= 11 is 0. The fourth-order valence-corrected chi connectivity index (χ4v) is 3.16. The first-order chi connectivity index (χ1) is 13.6. The monoisotopic (exact) mass is 379 g/mol. The Morgan fingerprint density at radius 1 is 0.893 bits per heavy atom. The van der Waals surface area contributed by atoms with Gasteiger partial charge in [-0.15, -0.1) is 0 Å². The number of pyridine rings is 1. The first-order valence-electron chi connectivity index (χ1n) is 8.93. The lowest BCUT2D eigenvalue weighted by atomic mass is 10.1. The largest absolute Gasteiger partial charge is 0.335 e. The van der Waals surface area contributed by atoms with Crippen molar-refractivity contribution < 1.29 is 14.0 Å². The van der Waals surface area contributed by atoms with Crippen LogP contribution < -0.4 is 0 Å². The summed E-state index contributed by atoms with van der Waals surface area (Å²) in [5, 5.41) is 6.92. The Hall–Kier alpha value is -3.55. The standard InChI is InChI=1S/C20H18FN5O2/c21-15-5-3-4-14(12-15)19(27)25-8-10-26(11-9-25)20(28)18-13-17(23-24-18)16-6-1-2-7-22-16/h1-7,12-13H,8-11H2,(H,23,24). The molecule has 28 heavy (non-hydrogen) atoms. The maximum absolute atomic E-state index is 13.3. The van der Waals surface area contributed by atoms with Gasteiger partial charge in [0.25, 0.3) is 11.8 Å². The van der Waals surface area contributed by atoms with Crippen LogP contribution in [0.3, 0.4) is 0 Å². The van der Waals surface area contributed by atoms with Crippen LogP contribution in [0.15, 0.2) is 54.7 Å². The van der Waals surface area contributed by atoms with Crippen LogP contribution in [0, 0.1) is 5.82 Å². The Bertz CT molecular complexity index is 997. The summed E-state index contributed by atoms with van der Waals surface area (Å²) in [5.41, 5.74) is 1.98. The van der Waals surface area contributed by atoms with E-state index in [9.17, 15) is 14.0 Å². The molecule has 0 atom stereocenters. The summed E-state index contributed by atoms with van der Waals surface area (Å²) in [4.78, 5) is 32.7. The van der Waals surface area contributed by atoms with Crippen molar-refractivity contribution in [1.29, 1.82) is 0 Å². The fraction of sp³-hybridized carbons (Fsp3) is 0.200. The number of aromatic amines is 1. The molecule has 3 heterocycles. The number of carbonyl (C=O) groups excluding carboxylic acids is 2. The quantitative estimate of drug-likeness (QED) is 0.756. The molecule has 0 unspecified atom stereocenters. The predicted octanol–water partition coefficient (Wildman–Crippen LogP) is 2.21. The van der Waals surface area contributed by atoms with Gasteiger partial charge in [0.2, 0.25) is 0 Å². The lowest BCUT2D eigenvalue weighted by molar-refractivity contribution is 0.0532. The summed E-state index contributed by atoms with van der Waals surface area (Å²) in [6.07, 6.45) is 1.67. The molecule has 2 amide bonds. The molecule has 4 rings (SSSR count). The lowest BCUT2D eigenvalue weighted by Crippen LogP contribution is -2.50. The smallest absolute Gasteiger partial charge is 0.272 e. The maximum atomic E-state index is 13.3. The third-order valence-corrected chi connectivity index (χ3v) is 4.66. The van der Waals surface area contributed by atoms with Crippen molar-refractivity contribution in [3.05, 3.63) is 71.8 Å². The molecule has 0 aliphatic carbocycles. The summed E-state index contributed by atoms with van der Waals surface area (Å²) < 4.78 is 13.3. The first kappa shape index (κ1) is 17.8. The second-order valence-electron chi connectivity index (χ2n) is 6.48. The fourth-order valence-electron chi connectivity index (χ4n) is 3.16. The van der Waals surface area contributed by atoms with Crippen molar-refractivity contribution in [3.63, 3.8) is 0 Å². The van der Waals surface area contributed by atoms with E-state index >= 15 is 0 Å². The minimum absolute atomic E-state index is 0.174. The minimum atomic E-state index is -0.442. The lowest BCUT2D eigenvalue weighted by Gasteiger charge is -2.34. The van der Waals surface area contributed by atoms with Crippen LogP contribution in [0.5, 0.6) is 0 Å². The number of halogens is 1. The number of nitrogens with one attached hydrogen (secondary N) is 1. The average molecular weight is 379 g/mol. The molecule has 0 spiro atoms. The number of carbonyl (C=O) groups is 2. The van der Waals surface area contributed by atoms with Crippen LogP contribution in [-0.4, -0.2) is 63.0 Å². The van der Waals surface area contributed by atoms with Gasteiger partial charge in [0.15, 0.2) is 0 Å². The van der Waals surface area contributed by atoms with Crippen molar-refractivity contribution in [2.45, 2.75) is 0 Å². The highest BCUT2D eigenvalue weighted by atomic mass is 19.1. The van der Waals surface area contributed by atoms with Gasteiger partial charge in [-0.05, 0) is 36.4 Å². The Morgan fingerprint density at radius 3 is 2.32 bits per heavy atom. The van der Waals surface area contributed by atoms with E-state index in [0.29, 0.717) is 48.8 Å². The molecule has 1 fully saturated rings. The van der Waals surface area contributed by atoms with Gasteiger partial charge in [-0.1, -0.05) is 12.1 Å². The normalized spacial score (nSPS) is 14.2. The molecule has 1 N–H and O–H groups in total. The average Bonchev–Trinajstić information content (AvgIpc) is 3.24. The molecule has 1 saturated heterocycles. The SMILES string of the molecule is O=C(c1cccc(F)c1)N1CCN(C(=O)c2cc(-c3ccccn3)n[nH]2)CC1. The molecule has 0 radical (unpaired) electrons. The molecule has 8 heteroatoms. The third-order valence-electron chi connectivity index (χ3n) is 4.66. The molecule has 1 aliphatic rings. The highest BCUT2D eigenvalue weighted by Gasteiger charge is 2.26. The van der Waals surface area contributed by atoms with Gasteiger partial charge in [-0.2, -0.15) is 5.10 Å². The molecule has 0 bridgehead atoms. The van der Waals surface area contributed by atoms with E-state index in [1.807, 2.05) is 18.2 Å². The van der Waals surface area contributed by atoms with Crippen LogP contribution in [0.4, 0.5) is 4.39 Å². The summed E-state index contributed by atoms with van der Waals surface area (Å²) in [7, 11) is 0. The van der Waals surface area contributed by atoms with Crippen molar-refractivity contribution in [2.75, 3.05) is 26.2 Å². The zero-order valence-electron chi connectivity index (χ0n) is 15.0. The highest BCUT2D eigenvalue weighted by Crippen LogP contribution is 2.17. The summed E-state index contributed by atoms with van der Waals surface area (Å²) in [6.45, 7) is 1.58. The van der Waals surface area contributed by atoms with E-state index in [1.165, 1.54) is 18.2 Å². The number of hydrogen-bond acceptors (Lipinski definition) is 4. The van der Waals surface area contributed by atoms with Gasteiger partial charge in [0.1, 0.15) is 17.2 Å². The van der Waals surface area contributed by atoms with Crippen LogP contribution in [-0.2, 0) is 0 Å². The second-order valence-corrected chi connectivity index (χ2v) is 6.48. The zero-order valence-corrected chi connectivity index (χ0v) is 15.0. The van der Waals surface area contributed by atoms with Gasteiger partial charge in [0.05, 0.1) is 5.69 Å². The predicted molar refractivity (Wildman–Crippen MR) is 100 cm³/mol. The molecular weight excluding hydrogens is 361 g/mol. The Morgan fingerprint density at radius 2 is 1.64 bits per heavy atom. The highest BCUT2D eigenvalue weighted by molar-refractivity contribution is 5.95. The number of benzene rings is 1. The van der Waals surface area contributed by atoms with E-state index in [-0.39, 0.29) is 11.8 Å². The van der Waals surface area contributed by atoms with E-state index in [2.05, 4.69) is 15.2 Å². The van der Waals surface area contributed by atoms with Gasteiger partial charge >= 0.3 is 0 Å². The molecule has 0 saturated carbocycles. The number of hydrogen-bond donors (Lipinski definition) is 1. The van der Waals surface area contributed by atoms with Crippen LogP contribution in [0.25, 0.3) is 11.4 Å². The number of rotatable bonds is 3. The van der Waals surface area contributed by atoms with Gasteiger partial charge in [-0.3, -0.25) is 19.7 Å². The summed E-state index contributed by atoms with van der Waals surface area (Å²) in [6, 6.07) is 12.8.